The number of nitrogens with zero attached hydrogens (tertiary/aromatic N) is 3. The van der Waals surface area contributed by atoms with Gasteiger partial charge in [-0.2, -0.15) is 9.57 Å². The van der Waals surface area contributed by atoms with Gasteiger partial charge in [-0.15, -0.1) is 0 Å². The van der Waals surface area contributed by atoms with Crippen molar-refractivity contribution in [3.63, 3.8) is 0 Å². The molecule has 0 atom stereocenters. The Balaban J connectivity index is 1.86. The molecule has 1 aromatic heterocycles. The molecule has 33 heavy (non-hydrogen) atoms. The van der Waals surface area contributed by atoms with Crippen molar-refractivity contribution in [2.75, 3.05) is 13.1 Å². The van der Waals surface area contributed by atoms with Crippen LogP contribution in [0.4, 0.5) is 0 Å². The van der Waals surface area contributed by atoms with Crippen molar-refractivity contribution in [3.05, 3.63) is 77.0 Å². The van der Waals surface area contributed by atoms with Gasteiger partial charge in [0.1, 0.15) is 12.6 Å². The molecule has 2 heterocycles. The highest BCUT2D eigenvalue weighted by Gasteiger charge is 2.30. The van der Waals surface area contributed by atoms with Crippen molar-refractivity contribution in [2.24, 2.45) is 0 Å². The standard InChI is InChI=1S/C25H25N3O4S/c1-18-21(15-20-11-5-6-12-23(20)33(31,32)27-13-7-8-14-27)22(16-26)25(28(18)17-24(29)30)19-9-3-2-4-10-19/h2-6,9-12H,7-8,13-15,17H2,1H3,(H,29,30). The van der Waals surface area contributed by atoms with Gasteiger partial charge in [-0.1, -0.05) is 48.5 Å². The molecule has 3 aromatic rings. The third kappa shape index (κ3) is 4.30. The van der Waals surface area contributed by atoms with Crippen LogP contribution in [0.5, 0.6) is 0 Å². The summed E-state index contributed by atoms with van der Waals surface area (Å²) in [6.45, 7) is 2.50. The molecule has 0 saturated carbocycles. The molecule has 1 saturated heterocycles. The van der Waals surface area contributed by atoms with E-state index in [1.54, 1.807) is 35.8 Å². The van der Waals surface area contributed by atoms with Gasteiger partial charge in [-0.05, 0) is 42.5 Å². The average molecular weight is 464 g/mol. The number of carboxylic acids is 1. The van der Waals surface area contributed by atoms with E-state index in [4.69, 9.17) is 0 Å². The predicted octanol–water partition coefficient (Wildman–Crippen LogP) is 3.80. The molecule has 0 radical (unpaired) electrons. The Bertz CT molecular complexity index is 1330. The zero-order valence-electron chi connectivity index (χ0n) is 18.4. The van der Waals surface area contributed by atoms with Crippen LogP contribution in [0.1, 0.15) is 35.2 Å². The van der Waals surface area contributed by atoms with Gasteiger partial charge in [0.05, 0.1) is 16.2 Å². The van der Waals surface area contributed by atoms with Gasteiger partial charge in [0, 0.05) is 25.2 Å². The maximum atomic E-state index is 13.3. The number of aromatic nitrogens is 1. The van der Waals surface area contributed by atoms with Crippen molar-refractivity contribution < 1.29 is 18.3 Å². The van der Waals surface area contributed by atoms with Crippen molar-refractivity contribution in [1.29, 1.82) is 5.26 Å². The quantitative estimate of drug-likeness (QED) is 0.574. The number of benzene rings is 2. The summed E-state index contributed by atoms with van der Waals surface area (Å²) in [5, 5.41) is 19.6. The van der Waals surface area contributed by atoms with E-state index in [1.165, 1.54) is 4.31 Å². The van der Waals surface area contributed by atoms with Gasteiger partial charge in [0.25, 0.3) is 0 Å². The number of nitriles is 1. The molecule has 1 aliphatic rings. The molecule has 0 amide bonds. The molecule has 0 unspecified atom stereocenters. The molecule has 4 rings (SSSR count). The lowest BCUT2D eigenvalue weighted by atomic mass is 9.99. The second-order valence-electron chi connectivity index (χ2n) is 8.14. The molecule has 7 nitrogen and oxygen atoms in total. The van der Waals surface area contributed by atoms with Crippen molar-refractivity contribution in [1.82, 2.24) is 8.87 Å². The summed E-state index contributed by atoms with van der Waals surface area (Å²) in [5.41, 5.74) is 3.52. The van der Waals surface area contributed by atoms with Crippen molar-refractivity contribution >= 4 is 16.0 Å². The Hall–Kier alpha value is -3.41. The molecule has 1 aliphatic heterocycles. The maximum absolute atomic E-state index is 13.3. The second kappa shape index (κ2) is 9.22. The minimum Gasteiger partial charge on any atom is -0.480 e. The van der Waals surface area contributed by atoms with E-state index in [0.29, 0.717) is 41.2 Å². The van der Waals surface area contributed by atoms with Crippen LogP contribution < -0.4 is 0 Å². The molecule has 1 N–H and O–H groups in total. The molecule has 170 valence electrons. The van der Waals surface area contributed by atoms with Crippen LogP contribution in [0.2, 0.25) is 0 Å². The molecule has 1 fully saturated rings. The highest BCUT2D eigenvalue weighted by molar-refractivity contribution is 7.89. The molecular weight excluding hydrogens is 438 g/mol. The monoisotopic (exact) mass is 463 g/mol. The largest absolute Gasteiger partial charge is 0.480 e. The van der Waals surface area contributed by atoms with E-state index >= 15 is 0 Å². The van der Waals surface area contributed by atoms with Crippen LogP contribution in [0, 0.1) is 18.3 Å². The van der Waals surface area contributed by atoms with E-state index < -0.39 is 16.0 Å². The van der Waals surface area contributed by atoms with Gasteiger partial charge in [0.2, 0.25) is 10.0 Å². The van der Waals surface area contributed by atoms with Gasteiger partial charge in [-0.25, -0.2) is 8.42 Å². The number of carbonyl (C=O) groups is 1. The lowest BCUT2D eigenvalue weighted by Gasteiger charge is -2.18. The maximum Gasteiger partial charge on any atom is 0.323 e. The number of hydrogen-bond acceptors (Lipinski definition) is 4. The highest BCUT2D eigenvalue weighted by atomic mass is 32.2. The van der Waals surface area contributed by atoms with E-state index in [2.05, 4.69) is 6.07 Å². The second-order valence-corrected chi connectivity index (χ2v) is 10.0. The minimum absolute atomic E-state index is 0.213. The third-order valence-corrected chi connectivity index (χ3v) is 8.12. The van der Waals surface area contributed by atoms with Crippen molar-refractivity contribution in [2.45, 2.75) is 37.6 Å². The van der Waals surface area contributed by atoms with Gasteiger partial charge in [0.15, 0.2) is 0 Å². The summed E-state index contributed by atoms with van der Waals surface area (Å²) in [7, 11) is -3.65. The zero-order chi connectivity index (χ0) is 23.6. The van der Waals surface area contributed by atoms with Crippen LogP contribution >= 0.6 is 0 Å². The van der Waals surface area contributed by atoms with E-state index in [9.17, 15) is 23.6 Å². The molecule has 0 aliphatic carbocycles. The highest BCUT2D eigenvalue weighted by Crippen LogP contribution is 2.34. The van der Waals surface area contributed by atoms with Crippen LogP contribution in [0.15, 0.2) is 59.5 Å². The Labute approximate surface area is 193 Å². The molecular formula is C25H25N3O4S. The molecule has 2 aromatic carbocycles. The zero-order valence-corrected chi connectivity index (χ0v) is 19.2. The number of sulfonamides is 1. The van der Waals surface area contributed by atoms with E-state index in [0.717, 1.165) is 18.4 Å². The van der Waals surface area contributed by atoms with Crippen LogP contribution in [-0.2, 0) is 27.8 Å². The number of hydrogen-bond donors (Lipinski definition) is 1. The Kier molecular flexibility index (Phi) is 6.36. The minimum atomic E-state index is -3.65. The normalized spacial score (nSPS) is 14.3. The van der Waals surface area contributed by atoms with Gasteiger partial charge >= 0.3 is 5.97 Å². The van der Waals surface area contributed by atoms with Gasteiger partial charge < -0.3 is 9.67 Å². The fraction of sp³-hybridized carbons (Fsp3) is 0.280. The SMILES string of the molecule is Cc1c(Cc2ccccc2S(=O)(=O)N2CCCC2)c(C#N)c(-c2ccccc2)n1CC(=O)O. The number of aliphatic carboxylic acids is 1. The van der Waals surface area contributed by atoms with Crippen molar-refractivity contribution in [3.8, 4) is 17.3 Å². The smallest absolute Gasteiger partial charge is 0.323 e. The van der Waals surface area contributed by atoms with Crippen LogP contribution in [-0.4, -0.2) is 41.5 Å². The first-order valence-electron chi connectivity index (χ1n) is 10.8. The Morgan fingerprint density at radius 3 is 2.33 bits per heavy atom. The molecule has 0 spiro atoms. The fourth-order valence-electron chi connectivity index (χ4n) is 4.51. The Morgan fingerprint density at radius 2 is 1.70 bits per heavy atom. The first kappa shape index (κ1) is 22.8. The summed E-state index contributed by atoms with van der Waals surface area (Å²) >= 11 is 0. The number of rotatable bonds is 7. The van der Waals surface area contributed by atoms with Crippen LogP contribution in [0.3, 0.4) is 0 Å². The molecule has 0 bridgehead atoms. The first-order valence-corrected chi connectivity index (χ1v) is 12.3. The summed E-state index contributed by atoms with van der Waals surface area (Å²) in [4.78, 5) is 11.9. The average Bonchev–Trinajstić information content (AvgIpc) is 3.43. The summed E-state index contributed by atoms with van der Waals surface area (Å²) in [5.74, 6) is -1.02. The summed E-state index contributed by atoms with van der Waals surface area (Å²) < 4.78 is 29.7. The van der Waals surface area contributed by atoms with Gasteiger partial charge in [-0.3, -0.25) is 4.79 Å². The summed E-state index contributed by atoms with van der Waals surface area (Å²) in [6.07, 6.45) is 1.90. The lowest BCUT2D eigenvalue weighted by Crippen LogP contribution is -2.28. The fourth-order valence-corrected chi connectivity index (χ4v) is 6.25. The molecule has 8 heteroatoms. The van der Waals surface area contributed by atoms with E-state index in [1.807, 2.05) is 30.3 Å². The summed E-state index contributed by atoms with van der Waals surface area (Å²) in [6, 6.07) is 18.3. The topological polar surface area (TPSA) is 103 Å². The third-order valence-electron chi connectivity index (χ3n) is 6.13. The Morgan fingerprint density at radius 1 is 1.06 bits per heavy atom. The number of carboxylic acid groups (broad SMARTS) is 1. The van der Waals surface area contributed by atoms with Crippen LogP contribution in [0.25, 0.3) is 11.3 Å². The lowest BCUT2D eigenvalue weighted by molar-refractivity contribution is -0.137. The predicted molar refractivity (Wildman–Crippen MR) is 124 cm³/mol. The first-order chi connectivity index (χ1) is 15.8. The van der Waals surface area contributed by atoms with E-state index in [-0.39, 0.29) is 17.9 Å².